The van der Waals surface area contributed by atoms with Gasteiger partial charge in [0.1, 0.15) is 0 Å². The molecule has 0 fully saturated rings. The Kier molecular flexibility index (Phi) is 6.60. The minimum Gasteiger partial charge on any atom is -0.385 e. The maximum atomic E-state index is 14.0. The van der Waals surface area contributed by atoms with Gasteiger partial charge in [0.15, 0.2) is 0 Å². The molecule has 0 saturated carbocycles. The minimum absolute atomic E-state index is 0.205. The summed E-state index contributed by atoms with van der Waals surface area (Å²) in [7, 11) is 0. The Morgan fingerprint density at radius 3 is 1.66 bits per heavy atom. The maximum absolute atomic E-state index is 14.0. The van der Waals surface area contributed by atoms with Crippen LogP contribution >= 0.6 is 0 Å². The van der Waals surface area contributed by atoms with Crippen molar-refractivity contribution < 1.29 is 67.1 Å². The highest BCUT2D eigenvalue weighted by atomic mass is 19.4. The standard InChI is InChI=1S/C15H10F13NO3/c1-9(30,7-3-2-4-8(5-7)29(31)32)6-10(16,17)11(18,19)12(20,21)13(22,23)14(24,25)15(26,27)28/h2-5,30H,6H2,1H3. The summed E-state index contributed by atoms with van der Waals surface area (Å²) in [4.78, 5) is 9.50. The highest BCUT2D eigenvalue weighted by Crippen LogP contribution is 2.61. The molecule has 0 aromatic heterocycles. The summed E-state index contributed by atoms with van der Waals surface area (Å²) in [5.41, 5.74) is -5.31. The lowest BCUT2D eigenvalue weighted by Gasteiger charge is -2.41. The molecule has 0 saturated heterocycles. The lowest BCUT2D eigenvalue weighted by Crippen LogP contribution is -2.70. The molecule has 0 aliphatic heterocycles. The Balaban J connectivity index is 3.48. The van der Waals surface area contributed by atoms with E-state index in [-0.39, 0.29) is 6.92 Å². The predicted molar refractivity (Wildman–Crippen MR) is 78.1 cm³/mol. The third-order valence-corrected chi connectivity index (χ3v) is 4.24. The number of nitro benzene ring substituents is 1. The number of aliphatic hydroxyl groups is 1. The van der Waals surface area contributed by atoms with E-state index in [4.69, 9.17) is 0 Å². The molecular formula is C15H10F13NO3. The summed E-state index contributed by atoms with van der Waals surface area (Å²) in [6.45, 7) is 0.205. The Morgan fingerprint density at radius 2 is 1.25 bits per heavy atom. The molecule has 1 N–H and O–H groups in total. The van der Waals surface area contributed by atoms with Crippen molar-refractivity contribution in [2.75, 3.05) is 0 Å². The van der Waals surface area contributed by atoms with E-state index in [9.17, 15) is 72.3 Å². The van der Waals surface area contributed by atoms with E-state index < -0.39 is 64.0 Å². The first kappa shape index (κ1) is 27.7. The molecule has 0 spiro atoms. The number of nitro groups is 1. The van der Waals surface area contributed by atoms with Crippen LogP contribution in [0.15, 0.2) is 24.3 Å². The quantitative estimate of drug-likeness (QED) is 0.274. The van der Waals surface area contributed by atoms with Crippen molar-refractivity contribution in [2.45, 2.75) is 54.7 Å². The van der Waals surface area contributed by atoms with Gasteiger partial charge in [0.05, 0.1) is 16.9 Å². The van der Waals surface area contributed by atoms with Gasteiger partial charge in [0.2, 0.25) is 0 Å². The topological polar surface area (TPSA) is 63.4 Å². The predicted octanol–water partition coefficient (Wildman–Crippen LogP) is 5.93. The molecule has 4 nitrogen and oxygen atoms in total. The minimum atomic E-state index is -8.05. The highest BCUT2D eigenvalue weighted by Gasteiger charge is 2.90. The van der Waals surface area contributed by atoms with Crippen LogP contribution in [0.4, 0.5) is 62.8 Å². The maximum Gasteiger partial charge on any atom is 0.460 e. The van der Waals surface area contributed by atoms with E-state index in [1.54, 1.807) is 0 Å². The zero-order chi connectivity index (χ0) is 25.8. The molecule has 1 rings (SSSR count). The van der Waals surface area contributed by atoms with Crippen LogP contribution in [-0.4, -0.2) is 45.8 Å². The van der Waals surface area contributed by atoms with Gasteiger partial charge in [-0.3, -0.25) is 10.1 Å². The second kappa shape index (κ2) is 7.62. The fourth-order valence-electron chi connectivity index (χ4n) is 2.40. The molecule has 17 heteroatoms. The average Bonchev–Trinajstić information content (AvgIpc) is 2.59. The number of hydrogen-bond acceptors (Lipinski definition) is 3. The van der Waals surface area contributed by atoms with Gasteiger partial charge in [-0.2, -0.15) is 57.1 Å². The summed E-state index contributed by atoms with van der Waals surface area (Å²) in [5, 5.41) is 20.6. The summed E-state index contributed by atoms with van der Waals surface area (Å²) in [5.74, 6) is -38.0. The zero-order valence-electron chi connectivity index (χ0n) is 15.1. The van der Waals surface area contributed by atoms with E-state index in [0.29, 0.717) is 12.1 Å². The second-order valence-corrected chi connectivity index (χ2v) is 6.76. The van der Waals surface area contributed by atoms with E-state index in [1.807, 2.05) is 0 Å². The average molecular weight is 499 g/mol. The van der Waals surface area contributed by atoms with Crippen LogP contribution in [-0.2, 0) is 5.60 Å². The Hall–Kier alpha value is -2.33. The monoisotopic (exact) mass is 499 g/mol. The van der Waals surface area contributed by atoms with Gasteiger partial charge >= 0.3 is 35.8 Å². The zero-order valence-corrected chi connectivity index (χ0v) is 15.1. The van der Waals surface area contributed by atoms with Crippen molar-refractivity contribution in [1.82, 2.24) is 0 Å². The van der Waals surface area contributed by atoms with E-state index in [0.717, 1.165) is 12.1 Å². The van der Waals surface area contributed by atoms with Gasteiger partial charge in [0.25, 0.3) is 5.69 Å². The summed E-state index contributed by atoms with van der Waals surface area (Å²) in [6.07, 6.45) is -10.5. The van der Waals surface area contributed by atoms with Crippen LogP contribution in [0.3, 0.4) is 0 Å². The fourth-order valence-corrected chi connectivity index (χ4v) is 2.40. The number of alkyl halides is 13. The van der Waals surface area contributed by atoms with E-state index in [2.05, 4.69) is 0 Å². The molecule has 184 valence electrons. The Labute approximate surface area is 168 Å². The van der Waals surface area contributed by atoms with Crippen LogP contribution in [0.25, 0.3) is 0 Å². The van der Waals surface area contributed by atoms with Crippen LogP contribution in [0.2, 0.25) is 0 Å². The third-order valence-electron chi connectivity index (χ3n) is 4.24. The van der Waals surface area contributed by atoms with Crippen molar-refractivity contribution in [3.63, 3.8) is 0 Å². The molecule has 0 heterocycles. The molecule has 0 bridgehead atoms. The summed E-state index contributed by atoms with van der Waals surface area (Å²) >= 11 is 0. The molecule has 0 amide bonds. The van der Waals surface area contributed by atoms with Crippen LogP contribution in [0.1, 0.15) is 18.9 Å². The molecule has 32 heavy (non-hydrogen) atoms. The van der Waals surface area contributed by atoms with Crippen molar-refractivity contribution in [3.05, 3.63) is 39.9 Å². The van der Waals surface area contributed by atoms with Gasteiger partial charge in [0, 0.05) is 12.1 Å². The molecule has 1 atom stereocenters. The van der Waals surface area contributed by atoms with E-state index >= 15 is 0 Å². The molecule has 1 aromatic carbocycles. The summed E-state index contributed by atoms with van der Waals surface area (Å²) < 4.78 is 171. The second-order valence-electron chi connectivity index (χ2n) is 6.76. The van der Waals surface area contributed by atoms with Crippen LogP contribution < -0.4 is 0 Å². The first-order valence-corrected chi connectivity index (χ1v) is 7.80. The first-order chi connectivity index (χ1) is 13.9. The number of halogens is 13. The van der Waals surface area contributed by atoms with Crippen LogP contribution in [0.5, 0.6) is 0 Å². The summed E-state index contributed by atoms with van der Waals surface area (Å²) in [6, 6.07) is 2.37. The molecule has 1 aromatic rings. The first-order valence-electron chi connectivity index (χ1n) is 7.80. The Morgan fingerprint density at radius 1 is 0.812 bits per heavy atom. The molecular weight excluding hydrogens is 489 g/mol. The van der Waals surface area contributed by atoms with Crippen molar-refractivity contribution in [1.29, 1.82) is 0 Å². The Bertz CT molecular complexity index is 864. The molecule has 1 unspecified atom stereocenters. The third kappa shape index (κ3) is 4.17. The lowest BCUT2D eigenvalue weighted by molar-refractivity contribution is -0.441. The highest BCUT2D eigenvalue weighted by molar-refractivity contribution is 5.37. The van der Waals surface area contributed by atoms with Crippen molar-refractivity contribution >= 4 is 5.69 Å². The van der Waals surface area contributed by atoms with Gasteiger partial charge < -0.3 is 5.11 Å². The van der Waals surface area contributed by atoms with E-state index in [1.165, 1.54) is 0 Å². The van der Waals surface area contributed by atoms with Gasteiger partial charge in [-0.25, -0.2) is 0 Å². The van der Waals surface area contributed by atoms with Crippen molar-refractivity contribution in [2.24, 2.45) is 0 Å². The molecule has 0 aliphatic rings. The normalized spacial score (nSPS) is 16.6. The fraction of sp³-hybridized carbons (Fsp3) is 0.600. The van der Waals surface area contributed by atoms with Gasteiger partial charge in [-0.05, 0) is 12.5 Å². The number of benzene rings is 1. The number of rotatable bonds is 8. The SMILES string of the molecule is CC(O)(CC(F)(F)C(F)(F)C(F)(F)C(F)(F)C(F)(F)C(F)(F)F)c1cccc([N+](=O)[O-])c1. The smallest absolute Gasteiger partial charge is 0.385 e. The number of hydrogen-bond donors (Lipinski definition) is 1. The van der Waals surface area contributed by atoms with Gasteiger partial charge in [-0.1, -0.05) is 12.1 Å². The van der Waals surface area contributed by atoms with Crippen molar-refractivity contribution in [3.8, 4) is 0 Å². The lowest BCUT2D eigenvalue weighted by atomic mass is 9.84. The van der Waals surface area contributed by atoms with Gasteiger partial charge in [-0.15, -0.1) is 0 Å². The van der Waals surface area contributed by atoms with Crippen LogP contribution in [0, 0.1) is 10.1 Å². The number of nitrogens with zero attached hydrogens (tertiary/aromatic N) is 1. The molecule has 0 radical (unpaired) electrons. The molecule has 0 aliphatic carbocycles. The number of non-ortho nitro benzene ring substituents is 1. The largest absolute Gasteiger partial charge is 0.460 e.